The van der Waals surface area contributed by atoms with Gasteiger partial charge in [-0.2, -0.15) is 0 Å². The molecule has 29 heavy (non-hydrogen) atoms. The molecule has 0 fully saturated rings. The molecule has 0 spiro atoms. The summed E-state index contributed by atoms with van der Waals surface area (Å²) in [7, 11) is 0. The maximum absolute atomic E-state index is 2.36. The quantitative estimate of drug-likeness (QED) is 0.316. The van der Waals surface area contributed by atoms with Gasteiger partial charge in [0.1, 0.15) is 0 Å². The Hall–Kier alpha value is -3.12. The maximum Gasteiger partial charge on any atom is 0.0704 e. The molecule has 0 aliphatic rings. The predicted molar refractivity (Wildman–Crippen MR) is 124 cm³/mol. The van der Waals surface area contributed by atoms with Crippen molar-refractivity contribution in [1.29, 1.82) is 0 Å². The summed E-state index contributed by atoms with van der Waals surface area (Å²) in [5.41, 5.74) is 7.56. The summed E-state index contributed by atoms with van der Waals surface area (Å²) < 4.78 is 0. The van der Waals surface area contributed by atoms with E-state index in [9.17, 15) is 0 Å². The standard InChI is InChI=1S/C29H28/c1-22(2)24-19-20-28(23(3)21-24)29(25-13-7-4-8-14-25,26-15-9-5-10-16-26)27-17-11-6-12-18-27/h4-22H,1-3H3. The molecule has 0 aliphatic carbocycles. The Bertz CT molecular complexity index is 964. The molecule has 0 atom stereocenters. The van der Waals surface area contributed by atoms with Crippen LogP contribution in [0.1, 0.15) is 53.1 Å². The SMILES string of the molecule is Cc1cc(C(C)C)ccc1C(c1ccccc1)(c1ccccc1)c1ccccc1. The van der Waals surface area contributed by atoms with E-state index in [0.717, 1.165) is 0 Å². The fourth-order valence-corrected chi connectivity index (χ4v) is 4.50. The van der Waals surface area contributed by atoms with Crippen LogP contribution in [0, 0.1) is 6.92 Å². The van der Waals surface area contributed by atoms with Gasteiger partial charge in [-0.25, -0.2) is 0 Å². The van der Waals surface area contributed by atoms with E-state index in [-0.39, 0.29) is 5.41 Å². The van der Waals surface area contributed by atoms with Crippen LogP contribution in [-0.4, -0.2) is 0 Å². The molecule has 0 saturated carbocycles. The summed E-state index contributed by atoms with van der Waals surface area (Å²) >= 11 is 0. The maximum atomic E-state index is 2.36. The summed E-state index contributed by atoms with van der Waals surface area (Å²) in [5, 5.41) is 0. The van der Waals surface area contributed by atoms with Crippen molar-refractivity contribution >= 4 is 0 Å². The molecule has 0 aliphatic heterocycles. The minimum atomic E-state index is -0.358. The van der Waals surface area contributed by atoms with Crippen LogP contribution >= 0.6 is 0 Å². The van der Waals surface area contributed by atoms with E-state index in [0.29, 0.717) is 5.92 Å². The van der Waals surface area contributed by atoms with Crippen molar-refractivity contribution in [1.82, 2.24) is 0 Å². The van der Waals surface area contributed by atoms with Crippen molar-refractivity contribution in [2.45, 2.75) is 32.1 Å². The number of hydrogen-bond acceptors (Lipinski definition) is 0. The fraction of sp³-hybridized carbons (Fsp3) is 0.172. The second-order valence-electron chi connectivity index (χ2n) is 8.08. The van der Waals surface area contributed by atoms with E-state index in [1.165, 1.54) is 33.4 Å². The van der Waals surface area contributed by atoms with Gasteiger partial charge in [-0.1, -0.05) is 123 Å². The zero-order valence-corrected chi connectivity index (χ0v) is 17.5. The molecule has 0 saturated heterocycles. The van der Waals surface area contributed by atoms with Crippen LogP contribution in [0.3, 0.4) is 0 Å². The number of aryl methyl sites for hydroxylation is 1. The largest absolute Gasteiger partial charge is 0.0704 e. The van der Waals surface area contributed by atoms with Gasteiger partial charge in [0.2, 0.25) is 0 Å². The average molecular weight is 377 g/mol. The lowest BCUT2D eigenvalue weighted by Gasteiger charge is -2.38. The highest BCUT2D eigenvalue weighted by Crippen LogP contribution is 2.46. The van der Waals surface area contributed by atoms with E-state index in [2.05, 4.69) is 130 Å². The zero-order valence-electron chi connectivity index (χ0n) is 17.5. The van der Waals surface area contributed by atoms with Crippen molar-refractivity contribution in [2.75, 3.05) is 0 Å². The molecular weight excluding hydrogens is 348 g/mol. The van der Waals surface area contributed by atoms with Crippen molar-refractivity contribution in [2.24, 2.45) is 0 Å². The zero-order chi connectivity index (χ0) is 20.3. The van der Waals surface area contributed by atoms with Gasteiger partial charge in [0.05, 0.1) is 5.41 Å². The molecule has 0 unspecified atom stereocenters. The highest BCUT2D eigenvalue weighted by molar-refractivity contribution is 5.61. The summed E-state index contributed by atoms with van der Waals surface area (Å²) in [5.74, 6) is 0.516. The van der Waals surface area contributed by atoms with Gasteiger partial charge < -0.3 is 0 Å². The molecule has 0 heterocycles. The Morgan fingerprint density at radius 1 is 0.552 bits per heavy atom. The molecule has 0 amide bonds. The lowest BCUT2D eigenvalue weighted by Crippen LogP contribution is -2.31. The molecule has 0 N–H and O–H groups in total. The summed E-state index contributed by atoms with van der Waals surface area (Å²) in [4.78, 5) is 0. The molecule has 0 nitrogen and oxygen atoms in total. The second kappa shape index (κ2) is 8.09. The molecule has 0 heteroatoms. The van der Waals surface area contributed by atoms with E-state index < -0.39 is 0 Å². The second-order valence-corrected chi connectivity index (χ2v) is 8.08. The van der Waals surface area contributed by atoms with E-state index >= 15 is 0 Å². The van der Waals surface area contributed by atoms with E-state index in [1.54, 1.807) is 0 Å². The van der Waals surface area contributed by atoms with Crippen LogP contribution in [-0.2, 0) is 5.41 Å². The van der Waals surface area contributed by atoms with Gasteiger partial charge in [-0.15, -0.1) is 0 Å². The van der Waals surface area contributed by atoms with Gasteiger partial charge in [0, 0.05) is 0 Å². The average Bonchev–Trinajstić information content (AvgIpc) is 2.77. The molecule has 144 valence electrons. The van der Waals surface area contributed by atoms with Crippen LogP contribution in [0.15, 0.2) is 109 Å². The van der Waals surface area contributed by atoms with E-state index in [1.807, 2.05) is 0 Å². The lowest BCUT2D eigenvalue weighted by molar-refractivity contribution is 0.735. The Kier molecular flexibility index (Phi) is 5.36. The Morgan fingerprint density at radius 2 is 0.966 bits per heavy atom. The Balaban J connectivity index is 2.12. The predicted octanol–water partition coefficient (Wildman–Crippen LogP) is 7.50. The first-order valence-corrected chi connectivity index (χ1v) is 10.4. The van der Waals surface area contributed by atoms with Crippen LogP contribution in [0.5, 0.6) is 0 Å². The van der Waals surface area contributed by atoms with Crippen molar-refractivity contribution in [3.8, 4) is 0 Å². The van der Waals surface area contributed by atoms with Crippen molar-refractivity contribution in [3.05, 3.63) is 143 Å². The number of hydrogen-bond donors (Lipinski definition) is 0. The molecule has 4 aromatic carbocycles. The van der Waals surface area contributed by atoms with Crippen molar-refractivity contribution in [3.63, 3.8) is 0 Å². The number of rotatable bonds is 5. The Morgan fingerprint density at radius 3 is 1.31 bits per heavy atom. The normalized spacial score (nSPS) is 11.6. The first kappa shape index (κ1) is 19.2. The third-order valence-electron chi connectivity index (χ3n) is 5.94. The molecule has 0 bridgehead atoms. The van der Waals surface area contributed by atoms with Crippen LogP contribution in [0.25, 0.3) is 0 Å². The highest BCUT2D eigenvalue weighted by Gasteiger charge is 2.39. The minimum Gasteiger partial charge on any atom is -0.0622 e. The molecule has 4 aromatic rings. The Labute approximate surface area is 174 Å². The fourth-order valence-electron chi connectivity index (χ4n) is 4.50. The van der Waals surface area contributed by atoms with Gasteiger partial charge in [0.25, 0.3) is 0 Å². The van der Waals surface area contributed by atoms with E-state index in [4.69, 9.17) is 0 Å². The lowest BCUT2D eigenvalue weighted by atomic mass is 9.64. The third kappa shape index (κ3) is 3.40. The van der Waals surface area contributed by atoms with Gasteiger partial charge in [0.15, 0.2) is 0 Å². The molecule has 0 aromatic heterocycles. The summed E-state index contributed by atoms with van der Waals surface area (Å²) in [6, 6.07) is 39.7. The summed E-state index contributed by atoms with van der Waals surface area (Å²) in [6.07, 6.45) is 0. The van der Waals surface area contributed by atoms with Crippen LogP contribution < -0.4 is 0 Å². The van der Waals surface area contributed by atoms with Gasteiger partial charge in [-0.3, -0.25) is 0 Å². The number of benzene rings is 4. The van der Waals surface area contributed by atoms with Crippen molar-refractivity contribution < 1.29 is 0 Å². The topological polar surface area (TPSA) is 0 Å². The first-order valence-electron chi connectivity index (χ1n) is 10.4. The molecule has 4 rings (SSSR count). The monoisotopic (exact) mass is 376 g/mol. The van der Waals surface area contributed by atoms with Crippen LogP contribution in [0.4, 0.5) is 0 Å². The third-order valence-corrected chi connectivity index (χ3v) is 5.94. The first-order chi connectivity index (χ1) is 14.1. The smallest absolute Gasteiger partial charge is 0.0622 e. The van der Waals surface area contributed by atoms with Gasteiger partial charge in [-0.05, 0) is 46.2 Å². The van der Waals surface area contributed by atoms with Crippen LogP contribution in [0.2, 0.25) is 0 Å². The summed E-state index contributed by atoms with van der Waals surface area (Å²) in [6.45, 7) is 6.77. The van der Waals surface area contributed by atoms with Gasteiger partial charge >= 0.3 is 0 Å². The molecular formula is C29H28. The minimum absolute atomic E-state index is 0.358. The molecule has 0 radical (unpaired) electrons. The highest BCUT2D eigenvalue weighted by atomic mass is 14.4.